The summed E-state index contributed by atoms with van der Waals surface area (Å²) >= 11 is 0. The van der Waals surface area contributed by atoms with Crippen LogP contribution in [0.15, 0.2) is 70.6 Å². The molecule has 43 heavy (non-hydrogen) atoms. The lowest BCUT2D eigenvalue weighted by Gasteiger charge is -2.37. The van der Waals surface area contributed by atoms with E-state index in [2.05, 4.69) is 15.0 Å². The zero-order valence-corrected chi connectivity index (χ0v) is 25.1. The highest BCUT2D eigenvalue weighted by molar-refractivity contribution is 7.89. The minimum atomic E-state index is -3.72. The van der Waals surface area contributed by atoms with E-state index in [9.17, 15) is 26.7 Å². The van der Waals surface area contributed by atoms with Gasteiger partial charge in [0.15, 0.2) is 0 Å². The molecule has 3 heterocycles. The number of para-hydroxylation sites is 1. The number of hydrogen-bond donors (Lipinski definition) is 3. The zero-order chi connectivity index (χ0) is 30.7. The van der Waals surface area contributed by atoms with E-state index in [1.54, 1.807) is 12.1 Å². The number of fused-ring (bicyclic) bond motifs is 1. The Bertz CT molecular complexity index is 1680. The molecule has 0 radical (unpaired) electrons. The summed E-state index contributed by atoms with van der Waals surface area (Å²) < 4.78 is 70.7. The fraction of sp³-hybridized carbons (Fsp3) is 0.429. The molecule has 0 unspecified atom stereocenters. The van der Waals surface area contributed by atoms with Crippen LogP contribution in [-0.4, -0.2) is 95.0 Å². The molecule has 1 aromatic heterocycles. The van der Waals surface area contributed by atoms with Crippen LogP contribution in [0.2, 0.25) is 0 Å². The van der Waals surface area contributed by atoms with Crippen molar-refractivity contribution in [2.45, 2.75) is 46.8 Å². The minimum absolute atomic E-state index is 0.0173. The molecule has 5 rings (SSSR count). The van der Waals surface area contributed by atoms with Gasteiger partial charge in [-0.2, -0.15) is 4.31 Å². The number of carbonyl (C=O) groups is 1. The maximum atomic E-state index is 13.3. The third kappa shape index (κ3) is 7.25. The first-order valence-corrected chi connectivity index (χ1v) is 16.7. The van der Waals surface area contributed by atoms with Crippen molar-refractivity contribution in [1.29, 1.82) is 0 Å². The third-order valence-electron chi connectivity index (χ3n) is 7.60. The van der Waals surface area contributed by atoms with Crippen LogP contribution in [0.1, 0.15) is 19.3 Å². The molecule has 2 atom stereocenters. The van der Waals surface area contributed by atoms with Gasteiger partial charge in [0.25, 0.3) is 0 Å². The normalized spacial score (nSPS) is 19.7. The summed E-state index contributed by atoms with van der Waals surface area (Å²) in [6.07, 6.45) is 0.977. The van der Waals surface area contributed by atoms with E-state index in [1.807, 2.05) is 24.3 Å². The van der Waals surface area contributed by atoms with Gasteiger partial charge in [-0.05, 0) is 50.6 Å². The molecule has 2 saturated heterocycles. The Labute approximate surface area is 250 Å². The van der Waals surface area contributed by atoms with Gasteiger partial charge in [-0.15, -0.1) is 0 Å². The molecule has 1 amide bonds. The number of amides is 1. The van der Waals surface area contributed by atoms with Crippen molar-refractivity contribution in [3.05, 3.63) is 60.8 Å². The molecule has 0 saturated carbocycles. The van der Waals surface area contributed by atoms with E-state index in [4.69, 9.17) is 14.2 Å². The highest BCUT2D eigenvalue weighted by Crippen LogP contribution is 2.37. The summed E-state index contributed by atoms with van der Waals surface area (Å²) in [5.41, 5.74) is 0.178. The lowest BCUT2D eigenvalue weighted by Crippen LogP contribution is -2.47. The Hall–Kier alpha value is -3.34. The second kappa shape index (κ2) is 12.7. The Morgan fingerprint density at radius 3 is 2.63 bits per heavy atom. The molecule has 13 nitrogen and oxygen atoms in total. The van der Waals surface area contributed by atoms with Crippen molar-refractivity contribution in [1.82, 2.24) is 19.3 Å². The lowest BCUT2D eigenvalue weighted by atomic mass is 9.88. The summed E-state index contributed by atoms with van der Waals surface area (Å²) in [4.78, 5) is 16.8. The van der Waals surface area contributed by atoms with Crippen LogP contribution in [0.5, 0.6) is 5.75 Å². The third-order valence-corrected chi connectivity index (χ3v) is 10.9. The molecule has 1 spiro atoms. The van der Waals surface area contributed by atoms with Crippen LogP contribution in [0.3, 0.4) is 0 Å². The van der Waals surface area contributed by atoms with Crippen LogP contribution < -0.4 is 14.8 Å². The number of aliphatic hydroxyl groups excluding tert-OH is 1. The number of sulfonamides is 2. The van der Waals surface area contributed by atoms with Gasteiger partial charge in [0.05, 0.1) is 28.7 Å². The van der Waals surface area contributed by atoms with Gasteiger partial charge in [-0.3, -0.25) is 4.98 Å². The number of carbonyl (C=O) groups excluding carboxylic acids is 1. The second-order valence-corrected chi connectivity index (χ2v) is 14.4. The van der Waals surface area contributed by atoms with Crippen LogP contribution in [0, 0.1) is 0 Å². The summed E-state index contributed by atoms with van der Waals surface area (Å²) in [7, 11) is -6.06. The van der Waals surface area contributed by atoms with E-state index < -0.39 is 37.8 Å². The largest absolute Gasteiger partial charge is 0.491 e. The van der Waals surface area contributed by atoms with Crippen LogP contribution in [-0.2, 0) is 29.5 Å². The first-order chi connectivity index (χ1) is 20.5. The topological polar surface area (TPSA) is 173 Å². The van der Waals surface area contributed by atoms with Crippen molar-refractivity contribution in [3.8, 4) is 5.75 Å². The number of hydrogen-bond acceptors (Lipinski definition) is 10. The number of aromatic nitrogens is 1. The minimum Gasteiger partial charge on any atom is -0.491 e. The number of nitrogens with zero attached hydrogens (tertiary/aromatic N) is 2. The van der Waals surface area contributed by atoms with E-state index in [0.717, 1.165) is 10.9 Å². The van der Waals surface area contributed by atoms with E-state index in [-0.39, 0.29) is 54.5 Å². The van der Waals surface area contributed by atoms with Gasteiger partial charge in [0.2, 0.25) is 20.0 Å². The first-order valence-electron chi connectivity index (χ1n) is 13.8. The van der Waals surface area contributed by atoms with Crippen LogP contribution in [0.25, 0.3) is 10.9 Å². The predicted molar refractivity (Wildman–Crippen MR) is 155 cm³/mol. The maximum Gasteiger partial charge on any atom is 0.407 e. The molecule has 3 N–H and O–H groups in total. The van der Waals surface area contributed by atoms with Gasteiger partial charge in [-0.1, -0.05) is 24.3 Å². The summed E-state index contributed by atoms with van der Waals surface area (Å²) in [6, 6.07) is 14.4. The maximum absolute atomic E-state index is 13.3. The lowest BCUT2D eigenvalue weighted by molar-refractivity contribution is -0.0312. The van der Waals surface area contributed by atoms with Crippen molar-refractivity contribution < 1.29 is 40.9 Å². The van der Waals surface area contributed by atoms with Gasteiger partial charge in [0.1, 0.15) is 30.0 Å². The Morgan fingerprint density at radius 1 is 1.09 bits per heavy atom. The summed E-state index contributed by atoms with van der Waals surface area (Å²) in [6.45, 7) is 0.259. The Balaban J connectivity index is 1.06. The number of aliphatic hydroxyl groups is 1. The summed E-state index contributed by atoms with van der Waals surface area (Å²) in [5, 5.41) is 13.7. The van der Waals surface area contributed by atoms with E-state index in [0.29, 0.717) is 19.3 Å². The van der Waals surface area contributed by atoms with E-state index in [1.165, 1.54) is 35.7 Å². The molecular weight excluding hydrogens is 600 g/mol. The summed E-state index contributed by atoms with van der Waals surface area (Å²) in [5.74, 6) is 0.237. The molecule has 15 heteroatoms. The monoisotopic (exact) mass is 634 g/mol. The number of nitrogens with one attached hydrogen (secondary N) is 2. The fourth-order valence-corrected chi connectivity index (χ4v) is 7.42. The number of piperidine rings is 1. The average Bonchev–Trinajstić information content (AvgIpc) is 3.40. The smallest absolute Gasteiger partial charge is 0.407 e. The van der Waals surface area contributed by atoms with Crippen LogP contribution >= 0.6 is 0 Å². The first kappa shape index (κ1) is 31.1. The number of pyridine rings is 1. The molecule has 2 aliphatic heterocycles. The van der Waals surface area contributed by atoms with Gasteiger partial charge >= 0.3 is 6.09 Å². The quantitative estimate of drug-likeness (QED) is 0.297. The molecule has 2 fully saturated rings. The van der Waals surface area contributed by atoms with Gasteiger partial charge in [0, 0.05) is 30.7 Å². The Morgan fingerprint density at radius 2 is 1.86 bits per heavy atom. The zero-order valence-electron chi connectivity index (χ0n) is 23.5. The standard InChI is InChI=1S/C28H34N4O9S2/c1-29-42(35,36)24-7-4-6-23(14-24)39-18-22(33)19-40-27(34)31-21-15-28(41-17-21)9-11-32(12-10-28)43(37,38)25-13-20-5-2-3-8-26(20)30-16-25/h2-8,13-14,16,21-22,29,33H,9-12,15,17-19H2,1H3,(H,31,34)/t21-,22+/m1/s1. The highest BCUT2D eigenvalue weighted by Gasteiger charge is 2.45. The molecule has 232 valence electrons. The van der Waals surface area contributed by atoms with Crippen molar-refractivity contribution in [2.75, 3.05) is 40.0 Å². The molecule has 3 aromatic rings. The number of benzene rings is 2. The second-order valence-electron chi connectivity index (χ2n) is 10.6. The number of rotatable bonds is 10. The van der Waals surface area contributed by atoms with Gasteiger partial charge < -0.3 is 24.6 Å². The van der Waals surface area contributed by atoms with Crippen molar-refractivity contribution >= 4 is 37.0 Å². The number of ether oxygens (including phenoxy) is 3. The van der Waals surface area contributed by atoms with Gasteiger partial charge in [-0.25, -0.2) is 26.4 Å². The van der Waals surface area contributed by atoms with Crippen molar-refractivity contribution in [2.24, 2.45) is 0 Å². The molecule has 0 aliphatic carbocycles. The number of alkyl carbamates (subject to hydrolysis) is 1. The predicted octanol–water partition coefficient (Wildman–Crippen LogP) is 1.62. The molecular formula is C28H34N4O9S2. The molecule has 2 aliphatic rings. The van der Waals surface area contributed by atoms with E-state index >= 15 is 0 Å². The molecule has 2 aromatic carbocycles. The fourth-order valence-electron chi connectivity index (χ4n) is 5.23. The Kier molecular flexibility index (Phi) is 9.20. The van der Waals surface area contributed by atoms with Crippen LogP contribution in [0.4, 0.5) is 4.79 Å². The average molecular weight is 635 g/mol. The molecule has 0 bridgehead atoms. The SMILES string of the molecule is CNS(=O)(=O)c1cccc(OC[C@H](O)COC(=O)N[C@H]2COC3(CCN(S(=O)(=O)c4cnc5ccccc5c4)CC3)C2)c1. The van der Waals surface area contributed by atoms with Crippen molar-refractivity contribution in [3.63, 3.8) is 0 Å². The highest BCUT2D eigenvalue weighted by atomic mass is 32.2.